The van der Waals surface area contributed by atoms with E-state index in [9.17, 15) is 18.4 Å². The lowest BCUT2D eigenvalue weighted by Gasteiger charge is -2.04. The number of carbonyl (C=O) groups is 2. The molecule has 0 saturated heterocycles. The van der Waals surface area contributed by atoms with Crippen molar-refractivity contribution in [3.8, 4) is 5.75 Å². The first-order chi connectivity index (χ1) is 11.0. The lowest BCUT2D eigenvalue weighted by Crippen LogP contribution is -2.10. The number of hydrogen-bond acceptors (Lipinski definition) is 10. The van der Waals surface area contributed by atoms with Crippen LogP contribution in [0.5, 0.6) is 5.75 Å². The summed E-state index contributed by atoms with van der Waals surface area (Å²) in [5.41, 5.74) is 0.341. The SMILES string of the molecule is COC(=O)c1ccc(OC(=O)CSc2nnc(S(=O)[O-])s2)cc1. The van der Waals surface area contributed by atoms with Crippen LogP contribution in [-0.2, 0) is 20.6 Å². The van der Waals surface area contributed by atoms with E-state index in [0.29, 0.717) is 9.90 Å². The Bertz CT molecular complexity index is 731. The first-order valence-electron chi connectivity index (χ1n) is 5.94. The lowest BCUT2D eigenvalue weighted by molar-refractivity contribution is -0.131. The summed E-state index contributed by atoms with van der Waals surface area (Å²) >= 11 is -0.547. The molecule has 0 amide bonds. The van der Waals surface area contributed by atoms with E-state index < -0.39 is 23.0 Å². The summed E-state index contributed by atoms with van der Waals surface area (Å²) in [7, 11) is 1.27. The molecule has 0 aliphatic rings. The number of methoxy groups -OCH3 is 1. The normalized spacial score (nSPS) is 11.7. The number of carbonyl (C=O) groups excluding carboxylic acids is 2. The van der Waals surface area contributed by atoms with Crippen LogP contribution in [0.25, 0.3) is 0 Å². The highest BCUT2D eigenvalue weighted by atomic mass is 32.2. The molecule has 1 heterocycles. The summed E-state index contributed by atoms with van der Waals surface area (Å²) in [6.07, 6.45) is 0. The summed E-state index contributed by atoms with van der Waals surface area (Å²) in [5, 5.41) is 7.09. The van der Waals surface area contributed by atoms with Crippen LogP contribution in [-0.4, -0.2) is 43.8 Å². The Morgan fingerprint density at radius 1 is 1.30 bits per heavy atom. The average Bonchev–Trinajstić information content (AvgIpc) is 3.02. The van der Waals surface area contributed by atoms with Gasteiger partial charge in [-0.25, -0.2) is 4.79 Å². The number of aromatic nitrogens is 2. The van der Waals surface area contributed by atoms with Gasteiger partial charge in [0.25, 0.3) is 0 Å². The van der Waals surface area contributed by atoms with Crippen molar-refractivity contribution in [1.29, 1.82) is 0 Å². The standard InChI is InChI=1S/C12H10N2O6S3/c1-19-10(16)7-2-4-8(5-3-7)20-9(15)6-21-11-13-14-12(22-11)23(17)18/h2-5H,6H2,1H3,(H,17,18)/p-1. The first kappa shape index (κ1) is 17.5. The molecule has 0 aliphatic carbocycles. The van der Waals surface area contributed by atoms with Gasteiger partial charge in [-0.05, 0) is 24.3 Å². The van der Waals surface area contributed by atoms with Crippen molar-refractivity contribution in [3.63, 3.8) is 0 Å². The van der Waals surface area contributed by atoms with Gasteiger partial charge in [-0.3, -0.25) is 9.00 Å². The van der Waals surface area contributed by atoms with Crippen molar-refractivity contribution in [1.82, 2.24) is 10.2 Å². The van der Waals surface area contributed by atoms with Gasteiger partial charge in [0, 0.05) is 11.1 Å². The second-order valence-electron chi connectivity index (χ2n) is 3.85. The highest BCUT2D eigenvalue weighted by Gasteiger charge is 2.11. The monoisotopic (exact) mass is 373 g/mol. The van der Waals surface area contributed by atoms with Gasteiger partial charge in [-0.1, -0.05) is 23.1 Å². The third-order valence-corrected chi connectivity index (χ3v) is 5.20. The van der Waals surface area contributed by atoms with Gasteiger partial charge in [-0.15, -0.1) is 10.2 Å². The molecule has 2 rings (SSSR count). The van der Waals surface area contributed by atoms with Crippen LogP contribution in [0.3, 0.4) is 0 Å². The highest BCUT2D eigenvalue weighted by molar-refractivity contribution is 8.01. The predicted molar refractivity (Wildman–Crippen MR) is 81.2 cm³/mol. The number of esters is 2. The molecule has 1 aromatic heterocycles. The fourth-order valence-electron chi connectivity index (χ4n) is 1.38. The van der Waals surface area contributed by atoms with Gasteiger partial charge in [-0.2, -0.15) is 0 Å². The number of nitrogens with zero attached hydrogens (tertiary/aromatic N) is 2. The van der Waals surface area contributed by atoms with Crippen molar-refractivity contribution in [2.24, 2.45) is 0 Å². The Morgan fingerprint density at radius 3 is 2.57 bits per heavy atom. The van der Waals surface area contributed by atoms with Crippen molar-refractivity contribution in [2.45, 2.75) is 8.68 Å². The summed E-state index contributed by atoms with van der Waals surface area (Å²) in [6.45, 7) is 0. The van der Waals surface area contributed by atoms with E-state index >= 15 is 0 Å². The number of rotatable bonds is 6. The minimum absolute atomic E-state index is 0.0567. The molecule has 1 aromatic carbocycles. The van der Waals surface area contributed by atoms with Crippen molar-refractivity contribution < 1.29 is 27.8 Å². The maximum absolute atomic E-state index is 11.7. The largest absolute Gasteiger partial charge is 0.767 e. The molecule has 1 atom stereocenters. The quantitative estimate of drug-likeness (QED) is 0.319. The molecule has 1 unspecified atom stereocenters. The second-order valence-corrected chi connectivity index (χ2v) is 7.16. The van der Waals surface area contributed by atoms with E-state index in [2.05, 4.69) is 14.9 Å². The van der Waals surface area contributed by atoms with Gasteiger partial charge in [0.2, 0.25) is 0 Å². The van der Waals surface area contributed by atoms with Crippen LogP contribution >= 0.6 is 23.1 Å². The van der Waals surface area contributed by atoms with E-state index in [1.807, 2.05) is 0 Å². The molecular weight excluding hydrogens is 364 g/mol. The third-order valence-electron chi connectivity index (χ3n) is 2.35. The Balaban J connectivity index is 1.86. The molecule has 0 aliphatic heterocycles. The molecule has 0 spiro atoms. The zero-order valence-electron chi connectivity index (χ0n) is 11.6. The molecule has 122 valence electrons. The summed E-state index contributed by atoms with van der Waals surface area (Å²) in [4.78, 5) is 23.0. The average molecular weight is 373 g/mol. The molecule has 8 nitrogen and oxygen atoms in total. The first-order valence-corrected chi connectivity index (χ1v) is 8.82. The molecule has 0 fully saturated rings. The van der Waals surface area contributed by atoms with E-state index in [1.54, 1.807) is 0 Å². The minimum Gasteiger partial charge on any atom is -0.767 e. The van der Waals surface area contributed by atoms with Crippen LogP contribution in [0.1, 0.15) is 10.4 Å². The number of hydrogen-bond donors (Lipinski definition) is 0. The van der Waals surface area contributed by atoms with Crippen LogP contribution < -0.4 is 4.74 Å². The van der Waals surface area contributed by atoms with Crippen LogP contribution in [0.2, 0.25) is 0 Å². The molecule has 0 radical (unpaired) electrons. The van der Waals surface area contributed by atoms with Gasteiger partial charge >= 0.3 is 11.9 Å². The van der Waals surface area contributed by atoms with Gasteiger partial charge in [0.15, 0.2) is 8.68 Å². The Morgan fingerprint density at radius 2 is 2.00 bits per heavy atom. The number of benzene rings is 1. The van der Waals surface area contributed by atoms with Crippen LogP contribution in [0.15, 0.2) is 32.9 Å². The van der Waals surface area contributed by atoms with E-state index in [1.165, 1.54) is 31.4 Å². The summed E-state index contributed by atoms with van der Waals surface area (Å²) in [6, 6.07) is 5.89. The lowest BCUT2D eigenvalue weighted by atomic mass is 10.2. The molecule has 0 bridgehead atoms. The number of thioether (sulfide) groups is 1. The molecule has 0 N–H and O–H groups in total. The maximum Gasteiger partial charge on any atom is 0.337 e. The van der Waals surface area contributed by atoms with Crippen molar-refractivity contribution >= 4 is 46.1 Å². The van der Waals surface area contributed by atoms with Gasteiger partial charge in [0.05, 0.1) is 18.4 Å². The van der Waals surface area contributed by atoms with E-state index in [-0.39, 0.29) is 15.8 Å². The zero-order chi connectivity index (χ0) is 16.8. The molecule has 23 heavy (non-hydrogen) atoms. The number of ether oxygens (including phenoxy) is 2. The summed E-state index contributed by atoms with van der Waals surface area (Å²) < 4.78 is 31.2. The molecule has 11 heteroatoms. The molecule has 0 saturated carbocycles. The van der Waals surface area contributed by atoms with Gasteiger partial charge < -0.3 is 14.0 Å². The van der Waals surface area contributed by atoms with E-state index in [0.717, 1.165) is 23.1 Å². The van der Waals surface area contributed by atoms with Crippen LogP contribution in [0.4, 0.5) is 0 Å². The topological polar surface area (TPSA) is 119 Å². The zero-order valence-corrected chi connectivity index (χ0v) is 14.0. The molecule has 2 aromatic rings. The molecular formula is C12H9N2O6S3-. The fraction of sp³-hybridized carbons (Fsp3) is 0.167. The van der Waals surface area contributed by atoms with Crippen molar-refractivity contribution in [2.75, 3.05) is 12.9 Å². The second kappa shape index (κ2) is 8.15. The maximum atomic E-state index is 11.7. The fourth-order valence-corrected chi connectivity index (χ4v) is 3.52. The predicted octanol–water partition coefficient (Wildman–Crippen LogP) is 1.26. The smallest absolute Gasteiger partial charge is 0.337 e. The summed E-state index contributed by atoms with van der Waals surface area (Å²) in [5.74, 6) is -0.803. The third kappa shape index (κ3) is 5.10. The highest BCUT2D eigenvalue weighted by Crippen LogP contribution is 2.24. The van der Waals surface area contributed by atoms with E-state index in [4.69, 9.17) is 4.74 Å². The van der Waals surface area contributed by atoms with Gasteiger partial charge in [0.1, 0.15) is 5.75 Å². The van der Waals surface area contributed by atoms with Crippen molar-refractivity contribution in [3.05, 3.63) is 29.8 Å². The van der Waals surface area contributed by atoms with Crippen LogP contribution in [0, 0.1) is 0 Å². The minimum atomic E-state index is -2.43. The Hall–Kier alpha value is -1.82. The Labute approximate surface area is 141 Å². The Kier molecular flexibility index (Phi) is 6.21.